The summed E-state index contributed by atoms with van der Waals surface area (Å²) in [6.07, 6.45) is 3.94. The van der Waals surface area contributed by atoms with E-state index in [4.69, 9.17) is 4.74 Å². The molecule has 2 nitrogen and oxygen atoms in total. The Balaban J connectivity index is 2.01. The third-order valence-electron chi connectivity index (χ3n) is 3.89. The lowest BCUT2D eigenvalue weighted by atomic mass is 9.98. The van der Waals surface area contributed by atoms with Crippen LogP contribution in [0, 0.1) is 0 Å². The quantitative estimate of drug-likeness (QED) is 0.397. The van der Waals surface area contributed by atoms with Crippen molar-refractivity contribution in [1.29, 1.82) is 0 Å². The van der Waals surface area contributed by atoms with Gasteiger partial charge in [-0.25, -0.2) is 4.79 Å². The molecule has 0 unspecified atom stereocenters. The van der Waals surface area contributed by atoms with E-state index in [9.17, 15) is 4.79 Å². The normalized spacial score (nSPS) is 10.8. The van der Waals surface area contributed by atoms with Crippen molar-refractivity contribution in [3.8, 4) is 11.1 Å². The Labute approximate surface area is 155 Å². The molecule has 0 spiro atoms. The molecular formula is C22H17BrO2. The first-order valence-corrected chi connectivity index (χ1v) is 8.68. The van der Waals surface area contributed by atoms with E-state index in [-0.39, 0.29) is 5.97 Å². The van der Waals surface area contributed by atoms with Gasteiger partial charge in [0.2, 0.25) is 0 Å². The van der Waals surface area contributed by atoms with Crippen LogP contribution in [0.25, 0.3) is 23.3 Å². The van der Waals surface area contributed by atoms with Crippen molar-refractivity contribution in [2.24, 2.45) is 0 Å². The Morgan fingerprint density at radius 1 is 0.880 bits per heavy atom. The number of rotatable bonds is 4. The average Bonchev–Trinajstić information content (AvgIpc) is 2.67. The van der Waals surface area contributed by atoms with Gasteiger partial charge in [-0.2, -0.15) is 0 Å². The molecule has 0 heterocycles. The maximum absolute atomic E-state index is 12.1. The summed E-state index contributed by atoms with van der Waals surface area (Å²) in [4.78, 5) is 12.1. The number of carbonyl (C=O) groups is 1. The SMILES string of the molecule is COC(=O)c1ccc(-c2ccccc2)cc1/C=C/c1ccc(Br)cc1. The fourth-order valence-corrected chi connectivity index (χ4v) is 2.83. The van der Waals surface area contributed by atoms with Gasteiger partial charge in [0, 0.05) is 4.47 Å². The molecule has 124 valence electrons. The Hall–Kier alpha value is -2.65. The minimum atomic E-state index is -0.338. The molecule has 0 aliphatic rings. The van der Waals surface area contributed by atoms with Crippen molar-refractivity contribution >= 4 is 34.1 Å². The fourth-order valence-electron chi connectivity index (χ4n) is 2.57. The summed E-state index contributed by atoms with van der Waals surface area (Å²) in [5.41, 5.74) is 4.61. The van der Waals surface area contributed by atoms with Gasteiger partial charge in [0.05, 0.1) is 12.7 Å². The molecule has 0 aliphatic carbocycles. The van der Waals surface area contributed by atoms with Crippen LogP contribution in [-0.4, -0.2) is 13.1 Å². The van der Waals surface area contributed by atoms with Crippen LogP contribution in [0.5, 0.6) is 0 Å². The van der Waals surface area contributed by atoms with Gasteiger partial charge >= 0.3 is 5.97 Å². The summed E-state index contributed by atoms with van der Waals surface area (Å²) in [6.45, 7) is 0. The summed E-state index contributed by atoms with van der Waals surface area (Å²) in [5, 5.41) is 0. The number of hydrogen-bond donors (Lipinski definition) is 0. The minimum absolute atomic E-state index is 0.338. The van der Waals surface area contributed by atoms with Crippen LogP contribution >= 0.6 is 15.9 Å². The number of benzene rings is 3. The van der Waals surface area contributed by atoms with E-state index < -0.39 is 0 Å². The Morgan fingerprint density at radius 2 is 1.60 bits per heavy atom. The number of carbonyl (C=O) groups excluding carboxylic acids is 1. The summed E-state index contributed by atoms with van der Waals surface area (Å²) in [5.74, 6) is -0.338. The van der Waals surface area contributed by atoms with E-state index in [1.54, 1.807) is 0 Å². The lowest BCUT2D eigenvalue weighted by Crippen LogP contribution is -2.03. The van der Waals surface area contributed by atoms with Gasteiger partial charge in [0.25, 0.3) is 0 Å². The molecule has 3 aromatic rings. The van der Waals surface area contributed by atoms with Crippen molar-refractivity contribution in [2.75, 3.05) is 7.11 Å². The molecular weight excluding hydrogens is 376 g/mol. The number of methoxy groups -OCH3 is 1. The topological polar surface area (TPSA) is 26.3 Å². The van der Waals surface area contributed by atoms with Crippen molar-refractivity contribution in [2.45, 2.75) is 0 Å². The minimum Gasteiger partial charge on any atom is -0.465 e. The third-order valence-corrected chi connectivity index (χ3v) is 4.42. The number of ether oxygens (including phenoxy) is 1. The van der Waals surface area contributed by atoms with Gasteiger partial charge in [-0.1, -0.05) is 76.6 Å². The second-order valence-corrected chi connectivity index (χ2v) is 6.46. The van der Waals surface area contributed by atoms with Gasteiger partial charge in [-0.3, -0.25) is 0 Å². The van der Waals surface area contributed by atoms with Crippen LogP contribution in [0.3, 0.4) is 0 Å². The zero-order chi connectivity index (χ0) is 17.6. The standard InChI is InChI=1S/C22H17BrO2/c1-25-22(24)21-14-11-18(17-5-3-2-4-6-17)15-19(21)10-7-16-8-12-20(23)13-9-16/h2-15H,1H3/b10-7+. The second-order valence-electron chi connectivity index (χ2n) is 5.54. The van der Waals surface area contributed by atoms with Crippen molar-refractivity contribution in [3.63, 3.8) is 0 Å². The zero-order valence-electron chi connectivity index (χ0n) is 13.8. The van der Waals surface area contributed by atoms with E-state index in [0.717, 1.165) is 26.7 Å². The van der Waals surface area contributed by atoms with Gasteiger partial charge in [0.1, 0.15) is 0 Å². The van der Waals surface area contributed by atoms with Gasteiger partial charge < -0.3 is 4.74 Å². The van der Waals surface area contributed by atoms with E-state index in [2.05, 4.69) is 28.1 Å². The summed E-state index contributed by atoms with van der Waals surface area (Å²) >= 11 is 3.43. The van der Waals surface area contributed by atoms with Crippen molar-refractivity contribution in [1.82, 2.24) is 0 Å². The second kappa shape index (κ2) is 7.95. The molecule has 25 heavy (non-hydrogen) atoms. The maximum Gasteiger partial charge on any atom is 0.338 e. The van der Waals surface area contributed by atoms with E-state index in [1.165, 1.54) is 7.11 Å². The lowest BCUT2D eigenvalue weighted by Gasteiger charge is -2.08. The Kier molecular flexibility index (Phi) is 5.46. The van der Waals surface area contributed by atoms with Crippen LogP contribution < -0.4 is 0 Å². The van der Waals surface area contributed by atoms with Crippen molar-refractivity contribution < 1.29 is 9.53 Å². The fraction of sp³-hybridized carbons (Fsp3) is 0.0455. The van der Waals surface area contributed by atoms with Crippen LogP contribution in [0.2, 0.25) is 0 Å². The van der Waals surface area contributed by atoms with Crippen LogP contribution in [0.1, 0.15) is 21.5 Å². The summed E-state index contributed by atoms with van der Waals surface area (Å²) in [6, 6.07) is 23.9. The zero-order valence-corrected chi connectivity index (χ0v) is 15.4. The lowest BCUT2D eigenvalue weighted by molar-refractivity contribution is 0.0600. The highest BCUT2D eigenvalue weighted by molar-refractivity contribution is 9.10. The smallest absolute Gasteiger partial charge is 0.338 e. The first kappa shape index (κ1) is 17.2. The monoisotopic (exact) mass is 392 g/mol. The van der Waals surface area contributed by atoms with Gasteiger partial charge in [0.15, 0.2) is 0 Å². The number of halogens is 1. The molecule has 3 rings (SSSR count). The maximum atomic E-state index is 12.1. The molecule has 0 aromatic heterocycles. The predicted octanol–water partition coefficient (Wildman–Crippen LogP) is 6.07. The highest BCUT2D eigenvalue weighted by Crippen LogP contribution is 2.24. The molecule has 0 atom stereocenters. The molecule has 0 radical (unpaired) electrons. The molecule has 0 aliphatic heterocycles. The number of hydrogen-bond acceptors (Lipinski definition) is 2. The molecule has 3 aromatic carbocycles. The first-order valence-electron chi connectivity index (χ1n) is 7.89. The Morgan fingerprint density at radius 3 is 2.28 bits per heavy atom. The van der Waals surface area contributed by atoms with Crippen LogP contribution in [0.15, 0.2) is 77.3 Å². The molecule has 0 fully saturated rings. The predicted molar refractivity (Wildman–Crippen MR) is 106 cm³/mol. The van der Waals surface area contributed by atoms with Gasteiger partial charge in [-0.05, 0) is 46.5 Å². The largest absolute Gasteiger partial charge is 0.465 e. The van der Waals surface area contributed by atoms with Crippen LogP contribution in [0.4, 0.5) is 0 Å². The van der Waals surface area contributed by atoms with E-state index in [1.807, 2.05) is 72.8 Å². The highest BCUT2D eigenvalue weighted by Gasteiger charge is 2.11. The average molecular weight is 393 g/mol. The van der Waals surface area contributed by atoms with Gasteiger partial charge in [-0.15, -0.1) is 0 Å². The van der Waals surface area contributed by atoms with Crippen molar-refractivity contribution in [3.05, 3.63) is 94.0 Å². The molecule has 0 bridgehead atoms. The first-order chi connectivity index (χ1) is 12.2. The van der Waals surface area contributed by atoms with E-state index in [0.29, 0.717) is 5.56 Å². The molecule has 0 amide bonds. The van der Waals surface area contributed by atoms with Crippen LogP contribution in [-0.2, 0) is 4.74 Å². The molecule has 3 heteroatoms. The molecule has 0 saturated carbocycles. The number of esters is 1. The molecule has 0 N–H and O–H groups in total. The Bertz CT molecular complexity index is 897. The third kappa shape index (κ3) is 4.25. The summed E-state index contributed by atoms with van der Waals surface area (Å²) < 4.78 is 5.94. The van der Waals surface area contributed by atoms with E-state index >= 15 is 0 Å². The highest BCUT2D eigenvalue weighted by atomic mass is 79.9. The summed E-state index contributed by atoms with van der Waals surface area (Å²) in [7, 11) is 1.40. The molecule has 0 saturated heterocycles.